The van der Waals surface area contributed by atoms with Gasteiger partial charge in [0.25, 0.3) is 0 Å². The molecule has 112 valence electrons. The lowest BCUT2D eigenvalue weighted by Gasteiger charge is -2.05. The Kier molecular flexibility index (Phi) is 4.50. The van der Waals surface area contributed by atoms with Crippen LogP contribution in [0, 0.1) is 0 Å². The first kappa shape index (κ1) is 14.1. The van der Waals surface area contributed by atoms with Crippen molar-refractivity contribution in [3.05, 3.63) is 42.0 Å². The van der Waals surface area contributed by atoms with E-state index in [0.29, 0.717) is 6.61 Å². The van der Waals surface area contributed by atoms with Crippen LogP contribution < -0.4 is 10.1 Å². The van der Waals surface area contributed by atoms with Crippen LogP contribution in [-0.4, -0.2) is 20.8 Å². The van der Waals surface area contributed by atoms with Crippen molar-refractivity contribution in [2.24, 2.45) is 0 Å². The summed E-state index contributed by atoms with van der Waals surface area (Å²) in [6.45, 7) is 4.44. The highest BCUT2D eigenvalue weighted by Gasteiger charge is 2.19. The van der Waals surface area contributed by atoms with E-state index in [1.807, 2.05) is 23.1 Å². The van der Waals surface area contributed by atoms with Gasteiger partial charge in [-0.25, -0.2) is 0 Å². The molecule has 0 saturated heterocycles. The number of rotatable bonds is 8. The summed E-state index contributed by atoms with van der Waals surface area (Å²) in [6.07, 6.45) is 9.30. The summed E-state index contributed by atoms with van der Waals surface area (Å²) >= 11 is 0. The number of aromatic nitrogens is 3. The smallest absolute Gasteiger partial charge is 0.157 e. The van der Waals surface area contributed by atoms with Crippen molar-refractivity contribution in [1.29, 1.82) is 0 Å². The minimum absolute atomic E-state index is 0.480. The van der Waals surface area contributed by atoms with Crippen LogP contribution in [0.2, 0.25) is 0 Å². The van der Waals surface area contributed by atoms with E-state index in [1.165, 1.54) is 18.4 Å². The third-order valence-electron chi connectivity index (χ3n) is 3.51. The molecule has 0 radical (unpaired) electrons. The second-order valence-electron chi connectivity index (χ2n) is 5.54. The topological polar surface area (TPSA) is 52.0 Å². The van der Waals surface area contributed by atoms with Crippen LogP contribution >= 0.6 is 0 Å². The summed E-state index contributed by atoms with van der Waals surface area (Å²) < 4.78 is 7.60. The number of nitrogens with one attached hydrogen (secondary N) is 1. The number of aryl methyl sites for hydroxylation is 1. The third-order valence-corrected chi connectivity index (χ3v) is 3.51. The second-order valence-corrected chi connectivity index (χ2v) is 5.54. The van der Waals surface area contributed by atoms with E-state index in [4.69, 9.17) is 4.74 Å². The Morgan fingerprint density at radius 1 is 1.33 bits per heavy atom. The van der Waals surface area contributed by atoms with E-state index in [-0.39, 0.29) is 0 Å². The maximum atomic E-state index is 5.71. The number of pyridine rings is 1. The molecule has 2 aromatic rings. The Morgan fingerprint density at radius 2 is 2.24 bits per heavy atom. The largest absolute Gasteiger partial charge is 0.484 e. The van der Waals surface area contributed by atoms with E-state index in [9.17, 15) is 0 Å². The predicted octanol–water partition coefficient (Wildman–Crippen LogP) is 2.52. The Labute approximate surface area is 125 Å². The number of hydrogen-bond acceptors (Lipinski definition) is 4. The van der Waals surface area contributed by atoms with Gasteiger partial charge in [-0.2, -0.15) is 5.10 Å². The standard InChI is InChI=1S/C16H22N4O/c1-2-7-20-11-16(10-19-20)21-12-15-4-3-13(9-18-15)8-17-14-5-6-14/h3-4,9-11,14,17H,2,5-8,12H2,1H3. The molecule has 2 aromatic heterocycles. The quantitative estimate of drug-likeness (QED) is 0.810. The summed E-state index contributed by atoms with van der Waals surface area (Å²) in [5, 5.41) is 7.72. The molecule has 5 nitrogen and oxygen atoms in total. The maximum absolute atomic E-state index is 5.71. The molecule has 1 N–H and O–H groups in total. The first-order valence-electron chi connectivity index (χ1n) is 7.66. The highest BCUT2D eigenvalue weighted by molar-refractivity contribution is 5.16. The van der Waals surface area contributed by atoms with Crippen LogP contribution in [0.25, 0.3) is 0 Å². The van der Waals surface area contributed by atoms with Crippen LogP contribution in [0.15, 0.2) is 30.7 Å². The molecule has 2 heterocycles. The molecule has 21 heavy (non-hydrogen) atoms. The highest BCUT2D eigenvalue weighted by atomic mass is 16.5. The Balaban J connectivity index is 1.47. The van der Waals surface area contributed by atoms with E-state index in [1.54, 1.807) is 6.20 Å². The molecule has 1 fully saturated rings. The first-order chi connectivity index (χ1) is 10.3. The van der Waals surface area contributed by atoms with Gasteiger partial charge in [0.2, 0.25) is 0 Å². The summed E-state index contributed by atoms with van der Waals surface area (Å²) in [5.41, 5.74) is 2.16. The zero-order chi connectivity index (χ0) is 14.5. The average Bonchev–Trinajstić information content (AvgIpc) is 3.24. The van der Waals surface area contributed by atoms with E-state index in [0.717, 1.165) is 37.0 Å². The average molecular weight is 286 g/mol. The Bertz CT molecular complexity index is 560. The van der Waals surface area contributed by atoms with Gasteiger partial charge in [0, 0.05) is 25.3 Å². The lowest BCUT2D eigenvalue weighted by Crippen LogP contribution is -2.15. The van der Waals surface area contributed by atoms with Gasteiger partial charge in [0.1, 0.15) is 6.61 Å². The molecule has 0 spiro atoms. The Morgan fingerprint density at radius 3 is 2.95 bits per heavy atom. The minimum Gasteiger partial charge on any atom is -0.484 e. The van der Waals surface area contributed by atoms with Crippen molar-refractivity contribution in [1.82, 2.24) is 20.1 Å². The minimum atomic E-state index is 0.480. The fourth-order valence-corrected chi connectivity index (χ4v) is 2.12. The van der Waals surface area contributed by atoms with Gasteiger partial charge in [-0.3, -0.25) is 9.67 Å². The Hall–Kier alpha value is -1.88. The fourth-order valence-electron chi connectivity index (χ4n) is 2.12. The molecular formula is C16H22N4O. The highest BCUT2D eigenvalue weighted by Crippen LogP contribution is 2.19. The van der Waals surface area contributed by atoms with Crippen LogP contribution in [0.3, 0.4) is 0 Å². The summed E-state index contributed by atoms with van der Waals surface area (Å²) in [6, 6.07) is 4.87. The van der Waals surface area contributed by atoms with Gasteiger partial charge in [0.15, 0.2) is 5.75 Å². The van der Waals surface area contributed by atoms with Gasteiger partial charge >= 0.3 is 0 Å². The molecule has 1 saturated carbocycles. The molecule has 5 heteroatoms. The fraction of sp³-hybridized carbons (Fsp3) is 0.500. The van der Waals surface area contributed by atoms with E-state index in [2.05, 4.69) is 28.4 Å². The third kappa shape index (κ3) is 4.29. The van der Waals surface area contributed by atoms with Crippen LogP contribution in [-0.2, 0) is 19.7 Å². The molecule has 1 aliphatic carbocycles. The van der Waals surface area contributed by atoms with Crippen molar-refractivity contribution >= 4 is 0 Å². The molecule has 0 bridgehead atoms. The normalized spacial score (nSPS) is 14.3. The molecule has 0 unspecified atom stereocenters. The van der Waals surface area contributed by atoms with Gasteiger partial charge in [0.05, 0.1) is 18.1 Å². The molecule has 3 rings (SSSR count). The van der Waals surface area contributed by atoms with Crippen molar-refractivity contribution in [2.45, 2.75) is 51.9 Å². The van der Waals surface area contributed by atoms with Gasteiger partial charge in [-0.05, 0) is 30.9 Å². The van der Waals surface area contributed by atoms with Gasteiger partial charge in [-0.1, -0.05) is 13.0 Å². The summed E-state index contributed by atoms with van der Waals surface area (Å²) in [7, 11) is 0. The van der Waals surface area contributed by atoms with Gasteiger partial charge in [-0.15, -0.1) is 0 Å². The maximum Gasteiger partial charge on any atom is 0.157 e. The zero-order valence-electron chi connectivity index (χ0n) is 12.5. The van der Waals surface area contributed by atoms with Crippen LogP contribution in [0.5, 0.6) is 5.75 Å². The zero-order valence-corrected chi connectivity index (χ0v) is 12.5. The van der Waals surface area contributed by atoms with Crippen molar-refractivity contribution in [3.8, 4) is 5.75 Å². The summed E-state index contributed by atoms with van der Waals surface area (Å²) in [4.78, 5) is 4.44. The van der Waals surface area contributed by atoms with Crippen molar-refractivity contribution in [2.75, 3.05) is 0 Å². The predicted molar refractivity (Wildman–Crippen MR) is 80.9 cm³/mol. The number of nitrogens with zero attached hydrogens (tertiary/aromatic N) is 3. The molecular weight excluding hydrogens is 264 g/mol. The molecule has 0 aromatic carbocycles. The second kappa shape index (κ2) is 6.72. The number of ether oxygens (including phenoxy) is 1. The summed E-state index contributed by atoms with van der Waals surface area (Å²) in [5.74, 6) is 0.796. The molecule has 1 aliphatic rings. The number of hydrogen-bond donors (Lipinski definition) is 1. The van der Waals surface area contributed by atoms with Crippen LogP contribution in [0.4, 0.5) is 0 Å². The lowest BCUT2D eigenvalue weighted by molar-refractivity contribution is 0.301. The van der Waals surface area contributed by atoms with E-state index >= 15 is 0 Å². The van der Waals surface area contributed by atoms with Gasteiger partial charge < -0.3 is 10.1 Å². The van der Waals surface area contributed by atoms with E-state index < -0.39 is 0 Å². The van der Waals surface area contributed by atoms with Crippen molar-refractivity contribution in [3.63, 3.8) is 0 Å². The lowest BCUT2D eigenvalue weighted by atomic mass is 10.2. The monoisotopic (exact) mass is 286 g/mol. The molecule has 0 aliphatic heterocycles. The first-order valence-corrected chi connectivity index (χ1v) is 7.66. The van der Waals surface area contributed by atoms with Crippen molar-refractivity contribution < 1.29 is 4.74 Å². The SMILES string of the molecule is CCCn1cc(OCc2ccc(CNC3CC3)cn2)cn1. The van der Waals surface area contributed by atoms with Crippen LogP contribution in [0.1, 0.15) is 37.4 Å². The molecule has 0 amide bonds. The molecule has 0 atom stereocenters.